The summed E-state index contributed by atoms with van der Waals surface area (Å²) in [5.74, 6) is 1.15. The quantitative estimate of drug-likeness (QED) is 0.733. The summed E-state index contributed by atoms with van der Waals surface area (Å²) in [5, 5.41) is 3.57. The number of hydrogen-bond acceptors (Lipinski definition) is 4. The van der Waals surface area contributed by atoms with E-state index >= 15 is 0 Å². The first-order chi connectivity index (χ1) is 10.0. The third-order valence-electron chi connectivity index (χ3n) is 5.02. The summed E-state index contributed by atoms with van der Waals surface area (Å²) in [6.07, 6.45) is 6.10. The Balaban J connectivity index is 2.12. The van der Waals surface area contributed by atoms with E-state index in [0.29, 0.717) is 5.92 Å². The van der Waals surface area contributed by atoms with Crippen molar-refractivity contribution < 1.29 is 9.53 Å². The third-order valence-corrected chi connectivity index (χ3v) is 5.02. The number of ether oxygens (including phenoxy) is 1. The van der Waals surface area contributed by atoms with Crippen LogP contribution in [0.25, 0.3) is 0 Å². The van der Waals surface area contributed by atoms with E-state index in [1.165, 1.54) is 26.4 Å². The van der Waals surface area contributed by atoms with Crippen molar-refractivity contribution in [3.63, 3.8) is 0 Å². The lowest BCUT2D eigenvalue weighted by atomic mass is 9.88. The highest BCUT2D eigenvalue weighted by Gasteiger charge is 2.53. The average molecular weight is 296 g/mol. The molecule has 1 saturated heterocycles. The van der Waals surface area contributed by atoms with Gasteiger partial charge in [0.2, 0.25) is 0 Å². The molecule has 1 saturated carbocycles. The zero-order valence-electron chi connectivity index (χ0n) is 14.2. The van der Waals surface area contributed by atoms with E-state index in [4.69, 9.17) is 4.74 Å². The lowest BCUT2D eigenvalue weighted by Crippen LogP contribution is -2.63. The first-order valence-electron chi connectivity index (χ1n) is 8.60. The minimum absolute atomic E-state index is 0.0719. The van der Waals surface area contributed by atoms with Gasteiger partial charge in [-0.05, 0) is 57.9 Å². The monoisotopic (exact) mass is 296 g/mol. The minimum atomic E-state index is -0.501. The van der Waals surface area contributed by atoms with E-state index in [2.05, 4.69) is 31.0 Å². The molecule has 0 bridgehead atoms. The van der Waals surface area contributed by atoms with E-state index in [0.717, 1.165) is 38.4 Å². The van der Waals surface area contributed by atoms with Crippen LogP contribution in [0.3, 0.4) is 0 Å². The van der Waals surface area contributed by atoms with Crippen LogP contribution in [0.5, 0.6) is 0 Å². The second kappa shape index (κ2) is 7.10. The Hall–Kier alpha value is -0.610. The SMILES string of the molecule is CCC1CCCN(CC(NC(C)C)(C(=O)OC)C2CC2)C1. The van der Waals surface area contributed by atoms with Crippen molar-refractivity contribution in [1.29, 1.82) is 0 Å². The van der Waals surface area contributed by atoms with Gasteiger partial charge in [-0.2, -0.15) is 0 Å². The van der Waals surface area contributed by atoms with Gasteiger partial charge in [-0.3, -0.25) is 5.32 Å². The summed E-state index contributed by atoms with van der Waals surface area (Å²) in [6, 6.07) is 0.288. The lowest BCUT2D eigenvalue weighted by molar-refractivity contribution is -0.151. The van der Waals surface area contributed by atoms with Crippen LogP contribution in [0.15, 0.2) is 0 Å². The Bertz CT molecular complexity index is 355. The van der Waals surface area contributed by atoms with Gasteiger partial charge in [0.1, 0.15) is 5.54 Å². The zero-order chi connectivity index (χ0) is 15.5. The highest BCUT2D eigenvalue weighted by atomic mass is 16.5. The summed E-state index contributed by atoms with van der Waals surface area (Å²) >= 11 is 0. The Kier molecular flexibility index (Phi) is 5.67. The van der Waals surface area contributed by atoms with Crippen LogP contribution in [0.1, 0.15) is 52.9 Å². The van der Waals surface area contributed by atoms with Gasteiger partial charge in [-0.25, -0.2) is 4.79 Å². The fourth-order valence-electron chi connectivity index (χ4n) is 3.84. The largest absolute Gasteiger partial charge is 0.468 e. The van der Waals surface area contributed by atoms with Crippen molar-refractivity contribution in [3.8, 4) is 0 Å². The van der Waals surface area contributed by atoms with Crippen molar-refractivity contribution in [2.24, 2.45) is 11.8 Å². The van der Waals surface area contributed by atoms with Crippen LogP contribution < -0.4 is 5.32 Å². The second-order valence-corrected chi connectivity index (χ2v) is 7.19. The van der Waals surface area contributed by atoms with Crippen LogP contribution in [-0.4, -0.2) is 49.2 Å². The van der Waals surface area contributed by atoms with Crippen molar-refractivity contribution >= 4 is 5.97 Å². The van der Waals surface area contributed by atoms with Crippen molar-refractivity contribution in [2.75, 3.05) is 26.7 Å². The highest BCUT2D eigenvalue weighted by molar-refractivity contribution is 5.82. The second-order valence-electron chi connectivity index (χ2n) is 7.19. The summed E-state index contributed by atoms with van der Waals surface area (Å²) in [7, 11) is 1.52. The van der Waals surface area contributed by atoms with Gasteiger partial charge >= 0.3 is 5.97 Å². The molecule has 0 aromatic carbocycles. The van der Waals surface area contributed by atoms with Crippen LogP contribution in [0, 0.1) is 11.8 Å². The maximum atomic E-state index is 12.6. The van der Waals surface area contributed by atoms with Crippen LogP contribution in [0.2, 0.25) is 0 Å². The molecule has 4 heteroatoms. The molecule has 0 amide bonds. The van der Waals surface area contributed by atoms with Gasteiger partial charge in [0.15, 0.2) is 0 Å². The predicted molar refractivity (Wildman–Crippen MR) is 85.2 cm³/mol. The summed E-state index contributed by atoms with van der Waals surface area (Å²) in [4.78, 5) is 15.1. The maximum Gasteiger partial charge on any atom is 0.327 e. The van der Waals surface area contributed by atoms with Gasteiger partial charge < -0.3 is 9.64 Å². The molecule has 2 rings (SSSR count). The smallest absolute Gasteiger partial charge is 0.327 e. The number of esters is 1. The van der Waals surface area contributed by atoms with E-state index in [9.17, 15) is 4.79 Å². The van der Waals surface area contributed by atoms with Crippen LogP contribution >= 0.6 is 0 Å². The first kappa shape index (κ1) is 16.8. The number of likely N-dealkylation sites (tertiary alicyclic amines) is 1. The van der Waals surface area contributed by atoms with Crippen LogP contribution in [0.4, 0.5) is 0 Å². The number of piperidine rings is 1. The number of carbonyl (C=O) groups is 1. The summed E-state index contributed by atoms with van der Waals surface area (Å²) < 4.78 is 5.18. The molecule has 2 aliphatic rings. The molecular weight excluding hydrogens is 264 g/mol. The normalized spacial score (nSPS) is 26.6. The van der Waals surface area contributed by atoms with Gasteiger partial charge in [-0.15, -0.1) is 0 Å². The Morgan fingerprint density at radius 2 is 2.10 bits per heavy atom. The molecule has 0 spiro atoms. The van der Waals surface area contributed by atoms with Crippen molar-refractivity contribution in [2.45, 2.75) is 64.5 Å². The molecular formula is C17H32N2O2. The number of carbonyl (C=O) groups excluding carboxylic acids is 1. The number of methoxy groups -OCH3 is 1. The minimum Gasteiger partial charge on any atom is -0.468 e. The standard InChI is InChI=1S/C17H32N2O2/c1-5-14-7-6-10-19(11-14)12-17(15-8-9-15,16(20)21-4)18-13(2)3/h13-15,18H,5-12H2,1-4H3. The molecule has 1 aliphatic carbocycles. The summed E-state index contributed by atoms with van der Waals surface area (Å²) in [6.45, 7) is 9.55. The first-order valence-corrected chi connectivity index (χ1v) is 8.60. The molecule has 1 aliphatic heterocycles. The molecule has 122 valence electrons. The van der Waals surface area contributed by atoms with E-state index in [1.807, 2.05) is 0 Å². The summed E-state index contributed by atoms with van der Waals surface area (Å²) in [5.41, 5.74) is -0.501. The molecule has 1 heterocycles. The predicted octanol–water partition coefficient (Wildman–Crippen LogP) is 2.43. The molecule has 0 aromatic rings. The number of hydrogen-bond donors (Lipinski definition) is 1. The van der Waals surface area contributed by atoms with Crippen LogP contribution in [-0.2, 0) is 9.53 Å². The van der Waals surface area contributed by atoms with Crippen molar-refractivity contribution in [1.82, 2.24) is 10.2 Å². The molecule has 21 heavy (non-hydrogen) atoms. The molecule has 2 unspecified atom stereocenters. The van der Waals surface area contributed by atoms with Crippen molar-refractivity contribution in [3.05, 3.63) is 0 Å². The zero-order valence-corrected chi connectivity index (χ0v) is 14.2. The third kappa shape index (κ3) is 3.98. The Labute approximate surface area is 129 Å². The Morgan fingerprint density at radius 1 is 1.38 bits per heavy atom. The van der Waals surface area contributed by atoms with E-state index in [1.54, 1.807) is 0 Å². The topological polar surface area (TPSA) is 41.6 Å². The van der Waals surface area contributed by atoms with E-state index in [-0.39, 0.29) is 12.0 Å². The molecule has 4 nitrogen and oxygen atoms in total. The fourth-order valence-corrected chi connectivity index (χ4v) is 3.84. The van der Waals surface area contributed by atoms with Gasteiger partial charge in [-0.1, -0.05) is 13.3 Å². The fraction of sp³-hybridized carbons (Fsp3) is 0.941. The number of rotatable bonds is 7. The van der Waals surface area contributed by atoms with Gasteiger partial charge in [0.25, 0.3) is 0 Å². The molecule has 2 fully saturated rings. The maximum absolute atomic E-state index is 12.6. The van der Waals surface area contributed by atoms with E-state index < -0.39 is 5.54 Å². The lowest BCUT2D eigenvalue weighted by Gasteiger charge is -2.41. The molecule has 0 aromatic heterocycles. The number of nitrogens with one attached hydrogen (secondary N) is 1. The molecule has 1 N–H and O–H groups in total. The molecule has 0 radical (unpaired) electrons. The number of nitrogens with zero attached hydrogens (tertiary/aromatic N) is 1. The highest BCUT2D eigenvalue weighted by Crippen LogP contribution is 2.41. The van der Waals surface area contributed by atoms with Gasteiger partial charge in [0.05, 0.1) is 7.11 Å². The molecule has 2 atom stereocenters. The Morgan fingerprint density at radius 3 is 2.62 bits per heavy atom. The van der Waals surface area contributed by atoms with Gasteiger partial charge in [0, 0.05) is 19.1 Å². The average Bonchev–Trinajstić information content (AvgIpc) is 3.30.